The van der Waals surface area contributed by atoms with Gasteiger partial charge >= 0.3 is 0 Å². The second kappa shape index (κ2) is 6.49. The van der Waals surface area contributed by atoms with E-state index >= 15 is 0 Å². The van der Waals surface area contributed by atoms with Crippen molar-refractivity contribution in [2.75, 3.05) is 20.1 Å². The van der Waals surface area contributed by atoms with Crippen LogP contribution in [0.25, 0.3) is 0 Å². The van der Waals surface area contributed by atoms with Gasteiger partial charge in [-0.05, 0) is 51.1 Å². The Bertz CT molecular complexity index is 168. The van der Waals surface area contributed by atoms with E-state index in [1.54, 1.807) is 0 Å². The Morgan fingerprint density at radius 3 is 2.67 bits per heavy atom. The van der Waals surface area contributed by atoms with Crippen LogP contribution in [0.2, 0.25) is 0 Å². The first kappa shape index (κ1) is 13.0. The minimum atomic E-state index is 0.474. The van der Waals surface area contributed by atoms with E-state index in [2.05, 4.69) is 25.8 Å². The smallest absolute Gasteiger partial charge is 0.00419 e. The maximum absolute atomic E-state index is 6.00. The van der Waals surface area contributed by atoms with E-state index in [4.69, 9.17) is 5.73 Å². The highest BCUT2D eigenvalue weighted by Gasteiger charge is 2.20. The van der Waals surface area contributed by atoms with Crippen molar-refractivity contribution in [2.45, 2.75) is 52.0 Å². The molecule has 0 aromatic rings. The van der Waals surface area contributed by atoms with Crippen molar-refractivity contribution >= 4 is 0 Å². The molecule has 0 saturated heterocycles. The van der Waals surface area contributed by atoms with Crippen molar-refractivity contribution in [1.82, 2.24) is 4.90 Å². The highest BCUT2D eigenvalue weighted by Crippen LogP contribution is 2.23. The molecule has 0 radical (unpaired) electrons. The molecular formula is C13H28N2. The predicted octanol–water partition coefficient (Wildman–Crippen LogP) is 2.48. The first-order valence-corrected chi connectivity index (χ1v) is 6.52. The molecule has 1 saturated carbocycles. The van der Waals surface area contributed by atoms with E-state index in [9.17, 15) is 0 Å². The van der Waals surface area contributed by atoms with Crippen molar-refractivity contribution in [1.29, 1.82) is 0 Å². The normalized spacial score (nSPS) is 27.6. The average Bonchev–Trinajstić information content (AvgIpc) is 2.15. The molecule has 0 aliphatic heterocycles. The molecule has 1 fully saturated rings. The molecule has 0 amide bonds. The maximum Gasteiger partial charge on any atom is 0.00419 e. The third-order valence-electron chi connectivity index (χ3n) is 3.48. The summed E-state index contributed by atoms with van der Waals surface area (Å²) < 4.78 is 0. The van der Waals surface area contributed by atoms with Gasteiger partial charge in [0.25, 0.3) is 0 Å². The van der Waals surface area contributed by atoms with Gasteiger partial charge < -0.3 is 10.6 Å². The van der Waals surface area contributed by atoms with Crippen LogP contribution in [0.15, 0.2) is 0 Å². The molecule has 1 aliphatic rings. The van der Waals surface area contributed by atoms with Gasteiger partial charge in [-0.15, -0.1) is 0 Å². The van der Waals surface area contributed by atoms with Gasteiger partial charge in [0.1, 0.15) is 0 Å². The number of rotatable bonds is 5. The van der Waals surface area contributed by atoms with Gasteiger partial charge in [0.2, 0.25) is 0 Å². The molecule has 1 aliphatic carbocycles. The van der Waals surface area contributed by atoms with Crippen LogP contribution in [-0.2, 0) is 0 Å². The molecule has 0 heterocycles. The van der Waals surface area contributed by atoms with Gasteiger partial charge in [0.15, 0.2) is 0 Å². The zero-order valence-electron chi connectivity index (χ0n) is 10.7. The van der Waals surface area contributed by atoms with E-state index in [1.165, 1.54) is 45.2 Å². The molecule has 0 aromatic carbocycles. The summed E-state index contributed by atoms with van der Waals surface area (Å²) in [7, 11) is 2.25. The first-order valence-electron chi connectivity index (χ1n) is 6.52. The van der Waals surface area contributed by atoms with E-state index < -0.39 is 0 Å². The summed E-state index contributed by atoms with van der Waals surface area (Å²) in [5.74, 6) is 1.67. The fourth-order valence-electron chi connectivity index (χ4n) is 2.51. The fourth-order valence-corrected chi connectivity index (χ4v) is 2.51. The largest absolute Gasteiger partial charge is 0.328 e. The van der Waals surface area contributed by atoms with Crippen LogP contribution in [0.4, 0.5) is 0 Å². The van der Waals surface area contributed by atoms with Gasteiger partial charge in [-0.2, -0.15) is 0 Å². The molecule has 1 rings (SSSR count). The number of hydrogen-bond acceptors (Lipinski definition) is 2. The quantitative estimate of drug-likeness (QED) is 0.758. The first-order chi connectivity index (χ1) is 7.08. The third-order valence-corrected chi connectivity index (χ3v) is 3.48. The summed E-state index contributed by atoms with van der Waals surface area (Å²) in [5.41, 5.74) is 6.00. The average molecular weight is 212 g/mol. The lowest BCUT2D eigenvalue weighted by atomic mass is 9.86. The van der Waals surface area contributed by atoms with Crippen molar-refractivity contribution in [3.63, 3.8) is 0 Å². The van der Waals surface area contributed by atoms with Gasteiger partial charge in [0, 0.05) is 12.6 Å². The second-order valence-corrected chi connectivity index (χ2v) is 5.74. The van der Waals surface area contributed by atoms with Crippen LogP contribution in [0.1, 0.15) is 46.0 Å². The molecule has 90 valence electrons. The van der Waals surface area contributed by atoms with E-state index in [-0.39, 0.29) is 0 Å². The Kier molecular flexibility index (Phi) is 5.62. The molecular weight excluding hydrogens is 184 g/mol. The monoisotopic (exact) mass is 212 g/mol. The number of nitrogens with zero attached hydrogens (tertiary/aromatic N) is 1. The standard InChI is InChI=1S/C13H28N2/c1-11(2)7-8-15(3)10-12-5-4-6-13(14)9-12/h11-13H,4-10,14H2,1-3H3. The topological polar surface area (TPSA) is 29.3 Å². The Morgan fingerprint density at radius 2 is 2.07 bits per heavy atom. The summed E-state index contributed by atoms with van der Waals surface area (Å²) in [6, 6.07) is 0.474. The second-order valence-electron chi connectivity index (χ2n) is 5.74. The minimum Gasteiger partial charge on any atom is -0.328 e. The van der Waals surface area contributed by atoms with Gasteiger partial charge in [-0.25, -0.2) is 0 Å². The lowest BCUT2D eigenvalue weighted by Crippen LogP contribution is -2.34. The van der Waals surface area contributed by atoms with Gasteiger partial charge in [0.05, 0.1) is 0 Å². The van der Waals surface area contributed by atoms with Crippen molar-refractivity contribution in [3.8, 4) is 0 Å². The summed E-state index contributed by atoms with van der Waals surface area (Å²) >= 11 is 0. The SMILES string of the molecule is CC(C)CCN(C)CC1CCCC(N)C1. The van der Waals surface area contributed by atoms with Crippen LogP contribution in [-0.4, -0.2) is 31.1 Å². The highest BCUT2D eigenvalue weighted by atomic mass is 15.1. The minimum absolute atomic E-state index is 0.474. The van der Waals surface area contributed by atoms with Crippen LogP contribution >= 0.6 is 0 Å². The van der Waals surface area contributed by atoms with E-state index in [1.807, 2.05) is 0 Å². The Morgan fingerprint density at radius 1 is 1.33 bits per heavy atom. The molecule has 2 nitrogen and oxygen atoms in total. The van der Waals surface area contributed by atoms with Crippen molar-refractivity contribution < 1.29 is 0 Å². The predicted molar refractivity (Wildman–Crippen MR) is 66.9 cm³/mol. The fraction of sp³-hybridized carbons (Fsp3) is 1.00. The molecule has 0 bridgehead atoms. The molecule has 2 heteroatoms. The van der Waals surface area contributed by atoms with Crippen LogP contribution < -0.4 is 5.73 Å². The molecule has 0 spiro atoms. The van der Waals surface area contributed by atoms with E-state index in [0.717, 1.165) is 11.8 Å². The molecule has 2 atom stereocenters. The summed E-state index contributed by atoms with van der Waals surface area (Å²) in [4.78, 5) is 2.49. The third kappa shape index (κ3) is 5.53. The Labute approximate surface area is 95.2 Å². The van der Waals surface area contributed by atoms with Gasteiger partial charge in [-0.3, -0.25) is 0 Å². The number of hydrogen-bond donors (Lipinski definition) is 1. The van der Waals surface area contributed by atoms with Crippen LogP contribution in [0.3, 0.4) is 0 Å². The van der Waals surface area contributed by atoms with Crippen LogP contribution in [0, 0.1) is 11.8 Å². The van der Waals surface area contributed by atoms with E-state index in [0.29, 0.717) is 6.04 Å². The van der Waals surface area contributed by atoms with Crippen molar-refractivity contribution in [2.24, 2.45) is 17.6 Å². The summed E-state index contributed by atoms with van der Waals surface area (Å²) in [6.07, 6.45) is 6.52. The van der Waals surface area contributed by atoms with Crippen LogP contribution in [0.5, 0.6) is 0 Å². The summed E-state index contributed by atoms with van der Waals surface area (Å²) in [6.45, 7) is 7.08. The molecule has 2 unspecified atom stereocenters. The Hall–Kier alpha value is -0.0800. The highest BCUT2D eigenvalue weighted by molar-refractivity contribution is 4.76. The molecule has 15 heavy (non-hydrogen) atoms. The van der Waals surface area contributed by atoms with Crippen molar-refractivity contribution in [3.05, 3.63) is 0 Å². The Balaban J connectivity index is 2.16. The van der Waals surface area contributed by atoms with Gasteiger partial charge in [-0.1, -0.05) is 20.3 Å². The zero-order chi connectivity index (χ0) is 11.3. The lowest BCUT2D eigenvalue weighted by molar-refractivity contribution is 0.214. The zero-order valence-corrected chi connectivity index (χ0v) is 10.7. The maximum atomic E-state index is 6.00. The summed E-state index contributed by atoms with van der Waals surface area (Å²) in [5, 5.41) is 0. The molecule has 2 N–H and O–H groups in total. The lowest BCUT2D eigenvalue weighted by Gasteiger charge is -2.30. The number of nitrogens with two attached hydrogens (primary N) is 1. The molecule has 0 aromatic heterocycles.